The van der Waals surface area contributed by atoms with Crippen LogP contribution in [-0.4, -0.2) is 32.1 Å². The minimum atomic E-state index is 0.0999. The van der Waals surface area contributed by atoms with Crippen LogP contribution in [0.25, 0.3) is 15.9 Å². The van der Waals surface area contributed by atoms with Gasteiger partial charge in [0.25, 0.3) is 0 Å². The SMILES string of the molecule is Cc1nn(-c2ccccc2)c(C)c1CCC(=O)N1CCCC[C@H]1c1nc2ccccc2s1. The summed E-state index contributed by atoms with van der Waals surface area (Å²) >= 11 is 1.73. The molecular formula is C26H28N4OS. The maximum Gasteiger partial charge on any atom is 0.223 e. The van der Waals surface area contributed by atoms with E-state index in [4.69, 9.17) is 10.1 Å². The number of rotatable bonds is 5. The van der Waals surface area contributed by atoms with Crippen LogP contribution < -0.4 is 0 Å². The Bertz CT molecular complexity index is 1210. The second kappa shape index (κ2) is 8.87. The Morgan fingerprint density at radius 1 is 1.06 bits per heavy atom. The van der Waals surface area contributed by atoms with Gasteiger partial charge in [-0.2, -0.15) is 5.10 Å². The molecule has 3 heterocycles. The quantitative estimate of drug-likeness (QED) is 0.392. The van der Waals surface area contributed by atoms with Gasteiger partial charge in [-0.25, -0.2) is 9.67 Å². The van der Waals surface area contributed by atoms with Gasteiger partial charge >= 0.3 is 0 Å². The molecule has 5 nitrogen and oxygen atoms in total. The lowest BCUT2D eigenvalue weighted by atomic mass is 10.0. The fourth-order valence-corrected chi connectivity index (χ4v) is 5.87. The van der Waals surface area contributed by atoms with Gasteiger partial charge in [0.05, 0.1) is 27.6 Å². The Hall–Kier alpha value is -2.99. The molecule has 1 atom stereocenters. The van der Waals surface area contributed by atoms with Crippen LogP contribution in [0.1, 0.15) is 53.7 Å². The molecular weight excluding hydrogens is 416 g/mol. The Kier molecular flexibility index (Phi) is 5.79. The monoisotopic (exact) mass is 444 g/mol. The summed E-state index contributed by atoms with van der Waals surface area (Å²) < 4.78 is 3.18. The molecule has 1 fully saturated rings. The van der Waals surface area contributed by atoms with Crippen LogP contribution in [0.15, 0.2) is 54.6 Å². The van der Waals surface area contributed by atoms with Gasteiger partial charge in [-0.15, -0.1) is 11.3 Å². The average molecular weight is 445 g/mol. The van der Waals surface area contributed by atoms with Crippen LogP contribution in [0.3, 0.4) is 0 Å². The summed E-state index contributed by atoms with van der Waals surface area (Å²) in [4.78, 5) is 20.3. The fraction of sp³-hybridized carbons (Fsp3) is 0.346. The summed E-state index contributed by atoms with van der Waals surface area (Å²) in [6.45, 7) is 4.95. The third kappa shape index (κ3) is 3.95. The van der Waals surface area contributed by atoms with Gasteiger partial charge in [0.2, 0.25) is 5.91 Å². The van der Waals surface area contributed by atoms with E-state index >= 15 is 0 Å². The second-order valence-electron chi connectivity index (χ2n) is 8.52. The molecule has 1 aliphatic heterocycles. The minimum Gasteiger partial charge on any atom is -0.333 e. The first kappa shape index (κ1) is 20.9. The number of piperidine rings is 1. The topological polar surface area (TPSA) is 51.0 Å². The number of carbonyl (C=O) groups excluding carboxylic acids is 1. The van der Waals surface area contributed by atoms with Crippen molar-refractivity contribution in [3.63, 3.8) is 0 Å². The van der Waals surface area contributed by atoms with Crippen molar-refractivity contribution in [1.29, 1.82) is 0 Å². The van der Waals surface area contributed by atoms with Crippen molar-refractivity contribution >= 4 is 27.5 Å². The molecule has 0 saturated carbocycles. The summed E-state index contributed by atoms with van der Waals surface area (Å²) in [7, 11) is 0. The molecule has 2 aromatic heterocycles. The van der Waals surface area contributed by atoms with E-state index < -0.39 is 0 Å². The molecule has 1 saturated heterocycles. The maximum absolute atomic E-state index is 13.3. The smallest absolute Gasteiger partial charge is 0.223 e. The number of hydrogen-bond acceptors (Lipinski definition) is 4. The van der Waals surface area contributed by atoms with Crippen molar-refractivity contribution in [2.24, 2.45) is 0 Å². The fourth-order valence-electron chi connectivity index (χ4n) is 4.75. The lowest BCUT2D eigenvalue weighted by Crippen LogP contribution is -2.38. The summed E-state index contributed by atoms with van der Waals surface area (Å²) in [6.07, 6.45) is 4.43. The van der Waals surface area contributed by atoms with Gasteiger partial charge in [0.15, 0.2) is 0 Å². The number of amides is 1. The highest BCUT2D eigenvalue weighted by molar-refractivity contribution is 7.18. The predicted molar refractivity (Wildman–Crippen MR) is 129 cm³/mol. The molecule has 1 aliphatic rings. The first-order chi connectivity index (χ1) is 15.6. The van der Waals surface area contributed by atoms with E-state index in [2.05, 4.69) is 36.1 Å². The molecule has 5 rings (SSSR count). The van der Waals surface area contributed by atoms with E-state index in [1.165, 1.54) is 10.3 Å². The molecule has 6 heteroatoms. The van der Waals surface area contributed by atoms with Crippen molar-refractivity contribution in [3.05, 3.63) is 76.6 Å². The van der Waals surface area contributed by atoms with E-state index in [9.17, 15) is 4.79 Å². The summed E-state index contributed by atoms with van der Waals surface area (Å²) in [5.74, 6) is 0.222. The lowest BCUT2D eigenvalue weighted by molar-refractivity contribution is -0.135. The van der Waals surface area contributed by atoms with E-state index in [-0.39, 0.29) is 11.9 Å². The number of nitrogens with zero attached hydrogens (tertiary/aromatic N) is 4. The van der Waals surface area contributed by atoms with E-state index in [1.54, 1.807) is 11.3 Å². The average Bonchev–Trinajstić information content (AvgIpc) is 3.38. The van der Waals surface area contributed by atoms with Crippen molar-refractivity contribution < 1.29 is 4.79 Å². The molecule has 0 spiro atoms. The molecule has 164 valence electrons. The van der Waals surface area contributed by atoms with Crippen molar-refractivity contribution in [2.75, 3.05) is 6.54 Å². The zero-order chi connectivity index (χ0) is 22.1. The van der Waals surface area contributed by atoms with Crippen molar-refractivity contribution in [1.82, 2.24) is 19.7 Å². The zero-order valence-electron chi connectivity index (χ0n) is 18.6. The second-order valence-corrected chi connectivity index (χ2v) is 9.58. The molecule has 0 aliphatic carbocycles. The highest BCUT2D eigenvalue weighted by Gasteiger charge is 2.30. The molecule has 1 amide bonds. The maximum atomic E-state index is 13.3. The number of benzene rings is 2. The molecule has 0 N–H and O–H groups in total. The van der Waals surface area contributed by atoms with Gasteiger partial charge in [0.1, 0.15) is 5.01 Å². The molecule has 4 aromatic rings. The van der Waals surface area contributed by atoms with Gasteiger partial charge in [-0.05, 0) is 69.4 Å². The number of aromatic nitrogens is 3. The number of aryl methyl sites for hydroxylation is 1. The Balaban J connectivity index is 1.33. The lowest BCUT2D eigenvalue weighted by Gasteiger charge is -2.34. The van der Waals surface area contributed by atoms with Crippen LogP contribution in [-0.2, 0) is 11.2 Å². The van der Waals surface area contributed by atoms with Crippen molar-refractivity contribution in [2.45, 2.75) is 52.0 Å². The number of thiazole rings is 1. The first-order valence-electron chi connectivity index (χ1n) is 11.4. The zero-order valence-corrected chi connectivity index (χ0v) is 19.4. The Morgan fingerprint density at radius 2 is 1.84 bits per heavy atom. The molecule has 0 bridgehead atoms. The molecule has 0 radical (unpaired) electrons. The largest absolute Gasteiger partial charge is 0.333 e. The number of carbonyl (C=O) groups is 1. The third-order valence-corrected chi connectivity index (χ3v) is 7.59. The third-order valence-electron chi connectivity index (χ3n) is 6.45. The Labute approximate surface area is 192 Å². The standard InChI is InChI=1S/C26H28N4OS/c1-18-21(19(2)30(28-18)20-10-4-3-5-11-20)15-16-25(31)29-17-9-8-13-23(29)26-27-22-12-6-7-14-24(22)32-26/h3-7,10-12,14,23H,8-9,13,15-17H2,1-2H3/t23-/m0/s1. The highest BCUT2D eigenvalue weighted by atomic mass is 32.1. The highest BCUT2D eigenvalue weighted by Crippen LogP contribution is 2.36. The number of para-hydroxylation sites is 2. The van der Waals surface area contributed by atoms with E-state index in [0.717, 1.165) is 53.4 Å². The molecule has 32 heavy (non-hydrogen) atoms. The van der Waals surface area contributed by atoms with E-state index in [0.29, 0.717) is 12.8 Å². The van der Waals surface area contributed by atoms with Crippen LogP contribution in [0.4, 0.5) is 0 Å². The first-order valence-corrected chi connectivity index (χ1v) is 12.2. The van der Waals surface area contributed by atoms with E-state index in [1.807, 2.05) is 41.9 Å². The molecule has 0 unspecified atom stereocenters. The summed E-state index contributed by atoms with van der Waals surface area (Å²) in [5.41, 5.74) is 5.38. The van der Waals surface area contributed by atoms with Crippen molar-refractivity contribution in [3.8, 4) is 5.69 Å². The summed E-state index contributed by atoms with van der Waals surface area (Å²) in [5, 5.41) is 5.81. The van der Waals surface area contributed by atoms with Crippen LogP contribution in [0.5, 0.6) is 0 Å². The van der Waals surface area contributed by atoms with Crippen LogP contribution >= 0.6 is 11.3 Å². The predicted octanol–water partition coefficient (Wildman–Crippen LogP) is 5.79. The Morgan fingerprint density at radius 3 is 2.66 bits per heavy atom. The summed E-state index contributed by atoms with van der Waals surface area (Å²) in [6, 6.07) is 18.5. The number of hydrogen-bond donors (Lipinski definition) is 0. The van der Waals surface area contributed by atoms with Gasteiger partial charge in [-0.3, -0.25) is 4.79 Å². The van der Waals surface area contributed by atoms with Crippen LogP contribution in [0.2, 0.25) is 0 Å². The molecule has 2 aromatic carbocycles. The minimum absolute atomic E-state index is 0.0999. The normalized spacial score (nSPS) is 16.6. The van der Waals surface area contributed by atoms with Gasteiger partial charge < -0.3 is 4.90 Å². The number of likely N-dealkylation sites (tertiary alicyclic amines) is 1. The van der Waals surface area contributed by atoms with Crippen LogP contribution in [0, 0.1) is 13.8 Å². The number of fused-ring (bicyclic) bond motifs is 1. The van der Waals surface area contributed by atoms with Gasteiger partial charge in [0, 0.05) is 18.7 Å². The van der Waals surface area contributed by atoms with Gasteiger partial charge in [-0.1, -0.05) is 30.3 Å².